The Morgan fingerprint density at radius 3 is 2.47 bits per heavy atom. The molecule has 0 spiro atoms. The number of fused-ring (bicyclic) bond motifs is 1. The number of carboxylic acid groups (broad SMARTS) is 1. The van der Waals surface area contributed by atoms with Crippen molar-refractivity contribution in [3.8, 4) is 0 Å². The number of esters is 2. The van der Waals surface area contributed by atoms with Crippen LogP contribution in [0.25, 0.3) is 6.08 Å². The number of nitrogens with zero attached hydrogens (tertiary/aromatic N) is 1. The van der Waals surface area contributed by atoms with Crippen LogP contribution in [0.2, 0.25) is 0 Å². The first-order valence-corrected chi connectivity index (χ1v) is 10.1. The fourth-order valence-corrected chi connectivity index (χ4v) is 3.21. The number of carboxylic acids is 1. The van der Waals surface area contributed by atoms with E-state index in [9.17, 15) is 24.3 Å². The summed E-state index contributed by atoms with van der Waals surface area (Å²) in [5, 5.41) is 9.73. The van der Waals surface area contributed by atoms with Gasteiger partial charge in [-0.15, -0.1) is 0 Å². The maximum atomic E-state index is 12.7. The number of benzene rings is 1. The van der Waals surface area contributed by atoms with Crippen molar-refractivity contribution in [1.29, 1.82) is 0 Å². The largest absolute Gasteiger partial charge is 0.478 e. The topological polar surface area (TPSA) is 119 Å². The van der Waals surface area contributed by atoms with Crippen LogP contribution >= 0.6 is 0 Å². The third-order valence-electron chi connectivity index (χ3n) is 4.95. The first kappa shape index (κ1) is 23.1. The molecule has 9 nitrogen and oxygen atoms in total. The highest BCUT2D eigenvalue weighted by Crippen LogP contribution is 2.39. The summed E-state index contributed by atoms with van der Waals surface area (Å²) in [5.74, 6) is -3.27. The van der Waals surface area contributed by atoms with Crippen molar-refractivity contribution in [3.63, 3.8) is 0 Å². The van der Waals surface area contributed by atoms with Gasteiger partial charge in [0.05, 0.1) is 17.4 Å². The molecule has 0 saturated carbocycles. The number of β-lactam (4-membered cyclic amide) rings is 1. The molecule has 0 radical (unpaired) electrons. The maximum absolute atomic E-state index is 12.7. The Bertz CT molecular complexity index is 973. The van der Waals surface area contributed by atoms with Crippen LogP contribution in [0, 0.1) is 5.41 Å². The third-order valence-corrected chi connectivity index (χ3v) is 4.95. The summed E-state index contributed by atoms with van der Waals surface area (Å²) in [5.41, 5.74) is -0.0631. The molecule has 1 aromatic rings. The van der Waals surface area contributed by atoms with Gasteiger partial charge in [0.2, 0.25) is 12.7 Å². The van der Waals surface area contributed by atoms with E-state index in [1.165, 1.54) is 0 Å². The standard InChI is InChI=1S/C23H25NO8/c1-23(2,3)22(29)31-13-30-21(28)18-19(32-17-12-16(25)24(17)18)15(20(26)27)11-7-10-14-8-5-4-6-9-14/h4-10,17-18H,11-13H2,1-3H3,(H,26,27)/b10-7-,19-15+/t17-,18?/m1/s1. The zero-order chi connectivity index (χ0) is 23.5. The van der Waals surface area contributed by atoms with Crippen LogP contribution in [0.4, 0.5) is 0 Å². The second kappa shape index (κ2) is 9.25. The molecule has 2 fully saturated rings. The quantitative estimate of drug-likeness (QED) is 0.295. The zero-order valence-corrected chi connectivity index (χ0v) is 18.1. The highest BCUT2D eigenvalue weighted by Gasteiger charge is 2.55. The summed E-state index contributed by atoms with van der Waals surface area (Å²) < 4.78 is 15.6. The number of amides is 1. The van der Waals surface area contributed by atoms with E-state index in [4.69, 9.17) is 14.2 Å². The lowest BCUT2D eigenvalue weighted by Gasteiger charge is -2.33. The number of rotatable bonds is 7. The summed E-state index contributed by atoms with van der Waals surface area (Å²) in [6, 6.07) is 7.95. The minimum absolute atomic E-state index is 0.0307. The van der Waals surface area contributed by atoms with Crippen molar-refractivity contribution in [2.75, 3.05) is 6.79 Å². The van der Waals surface area contributed by atoms with Gasteiger partial charge in [-0.25, -0.2) is 9.59 Å². The number of aliphatic carboxylic acids is 1. The van der Waals surface area contributed by atoms with E-state index >= 15 is 0 Å². The van der Waals surface area contributed by atoms with E-state index < -0.39 is 42.4 Å². The number of ether oxygens (including phenoxy) is 3. The fraction of sp³-hybridized carbons (Fsp3) is 0.391. The highest BCUT2D eigenvalue weighted by atomic mass is 16.7. The van der Waals surface area contributed by atoms with Gasteiger partial charge in [-0.1, -0.05) is 42.5 Å². The first-order chi connectivity index (χ1) is 15.1. The van der Waals surface area contributed by atoms with Crippen LogP contribution in [0.1, 0.15) is 39.2 Å². The molecule has 9 heteroatoms. The summed E-state index contributed by atoms with van der Waals surface area (Å²) in [4.78, 5) is 49.7. The van der Waals surface area contributed by atoms with Gasteiger partial charge in [-0.05, 0) is 26.3 Å². The van der Waals surface area contributed by atoms with Crippen LogP contribution in [0.5, 0.6) is 0 Å². The molecule has 0 bridgehead atoms. The molecule has 2 atom stereocenters. The minimum atomic E-state index is -1.34. The molecule has 2 aliphatic heterocycles. The predicted octanol–water partition coefficient (Wildman–Crippen LogP) is 2.48. The smallest absolute Gasteiger partial charge is 0.339 e. The van der Waals surface area contributed by atoms with Gasteiger partial charge in [0.1, 0.15) is 5.76 Å². The first-order valence-electron chi connectivity index (χ1n) is 10.1. The molecule has 2 heterocycles. The molecule has 2 aliphatic rings. The zero-order valence-electron chi connectivity index (χ0n) is 18.1. The van der Waals surface area contributed by atoms with Crippen molar-refractivity contribution >= 4 is 29.9 Å². The lowest BCUT2D eigenvalue weighted by atomic mass is 9.98. The molecule has 3 rings (SSSR count). The normalized spacial score (nSPS) is 21.5. The number of allylic oxidation sites excluding steroid dienone is 1. The van der Waals surface area contributed by atoms with Gasteiger partial charge in [0, 0.05) is 6.42 Å². The lowest BCUT2D eigenvalue weighted by Crippen LogP contribution is -2.55. The molecule has 32 heavy (non-hydrogen) atoms. The molecular weight excluding hydrogens is 418 g/mol. The predicted molar refractivity (Wildman–Crippen MR) is 111 cm³/mol. The Hall–Kier alpha value is -3.62. The summed E-state index contributed by atoms with van der Waals surface area (Å²) in [6.07, 6.45) is 2.67. The number of carbonyl (C=O) groups is 4. The van der Waals surface area contributed by atoms with Crippen LogP contribution in [0.15, 0.2) is 47.7 Å². The summed E-state index contributed by atoms with van der Waals surface area (Å²) >= 11 is 0. The summed E-state index contributed by atoms with van der Waals surface area (Å²) in [7, 11) is 0. The second-order valence-electron chi connectivity index (χ2n) is 8.41. The van der Waals surface area contributed by atoms with E-state index in [0.717, 1.165) is 10.5 Å². The van der Waals surface area contributed by atoms with Crippen LogP contribution in [-0.2, 0) is 33.4 Å². The van der Waals surface area contributed by atoms with Gasteiger partial charge in [0.25, 0.3) is 0 Å². The van der Waals surface area contributed by atoms with Crippen LogP contribution in [0.3, 0.4) is 0 Å². The lowest BCUT2D eigenvalue weighted by molar-refractivity contribution is -0.179. The van der Waals surface area contributed by atoms with Gasteiger partial charge in [0.15, 0.2) is 12.3 Å². The molecular formula is C23H25NO8. The van der Waals surface area contributed by atoms with E-state index in [2.05, 4.69) is 0 Å². The van der Waals surface area contributed by atoms with Gasteiger partial charge < -0.3 is 19.3 Å². The average Bonchev–Trinajstić information content (AvgIpc) is 3.03. The fourth-order valence-electron chi connectivity index (χ4n) is 3.21. The van der Waals surface area contributed by atoms with E-state index in [1.807, 2.05) is 30.3 Å². The van der Waals surface area contributed by atoms with Gasteiger partial charge >= 0.3 is 17.9 Å². The van der Waals surface area contributed by atoms with Gasteiger partial charge in [-0.2, -0.15) is 0 Å². The molecule has 0 aromatic heterocycles. The number of carbonyl (C=O) groups excluding carboxylic acids is 3. The molecule has 1 aromatic carbocycles. The van der Waals surface area contributed by atoms with E-state index in [1.54, 1.807) is 32.9 Å². The average molecular weight is 443 g/mol. The number of hydrogen-bond donors (Lipinski definition) is 1. The molecule has 2 saturated heterocycles. The highest BCUT2D eigenvalue weighted by molar-refractivity contribution is 5.95. The van der Waals surface area contributed by atoms with Crippen LogP contribution in [-0.4, -0.2) is 52.9 Å². The van der Waals surface area contributed by atoms with Crippen LogP contribution < -0.4 is 0 Å². The monoisotopic (exact) mass is 443 g/mol. The molecule has 0 aliphatic carbocycles. The van der Waals surface area contributed by atoms with Crippen molar-refractivity contribution in [2.24, 2.45) is 5.41 Å². The Morgan fingerprint density at radius 2 is 1.88 bits per heavy atom. The molecule has 1 amide bonds. The Kier molecular flexibility index (Phi) is 6.67. The number of hydrogen-bond acceptors (Lipinski definition) is 7. The van der Waals surface area contributed by atoms with Crippen molar-refractivity contribution in [2.45, 2.75) is 45.9 Å². The maximum Gasteiger partial charge on any atom is 0.339 e. The molecule has 1 N–H and O–H groups in total. The van der Waals surface area contributed by atoms with Gasteiger partial charge in [-0.3, -0.25) is 14.5 Å². The summed E-state index contributed by atoms with van der Waals surface area (Å²) in [6.45, 7) is 4.29. The van der Waals surface area contributed by atoms with Crippen molar-refractivity contribution in [3.05, 3.63) is 53.3 Å². The molecule has 170 valence electrons. The molecule has 1 unspecified atom stereocenters. The van der Waals surface area contributed by atoms with Crippen molar-refractivity contribution in [1.82, 2.24) is 4.90 Å². The second-order valence-corrected chi connectivity index (χ2v) is 8.41. The SMILES string of the molecule is CC(C)(C)C(=O)OCOC(=O)C1/C(=C(/C/C=C\c2ccccc2)C(=O)O)O[C@@H]2CC(=O)N12. The Morgan fingerprint density at radius 1 is 1.19 bits per heavy atom. The van der Waals surface area contributed by atoms with E-state index in [-0.39, 0.29) is 30.1 Å². The third kappa shape index (κ3) is 4.99. The Balaban J connectivity index is 1.78. The Labute approximate surface area is 185 Å². The van der Waals surface area contributed by atoms with Crippen molar-refractivity contribution < 1.29 is 38.5 Å². The van der Waals surface area contributed by atoms with E-state index in [0.29, 0.717) is 0 Å². The minimum Gasteiger partial charge on any atom is -0.478 e.